The number of rotatable bonds is 5. The molecule has 0 spiro atoms. The minimum Gasteiger partial charge on any atom is -0.444 e. The number of carbonyl (C=O) groups excluding carboxylic acids is 1. The predicted octanol–water partition coefficient (Wildman–Crippen LogP) is 5.43. The first kappa shape index (κ1) is 20.6. The van der Waals surface area contributed by atoms with Crippen LogP contribution in [0.5, 0.6) is 0 Å². The summed E-state index contributed by atoms with van der Waals surface area (Å²) in [6, 6.07) is 20.1. The van der Waals surface area contributed by atoms with Crippen molar-refractivity contribution in [3.63, 3.8) is 0 Å². The van der Waals surface area contributed by atoms with E-state index >= 15 is 0 Å². The molecule has 2 aromatic heterocycles. The summed E-state index contributed by atoms with van der Waals surface area (Å²) in [6.45, 7) is 5.53. The fourth-order valence-corrected chi connectivity index (χ4v) is 3.41. The maximum absolute atomic E-state index is 12.5. The van der Waals surface area contributed by atoms with Gasteiger partial charge in [-0.2, -0.15) is 0 Å². The predicted molar refractivity (Wildman–Crippen MR) is 122 cm³/mol. The van der Waals surface area contributed by atoms with Gasteiger partial charge in [-0.25, -0.2) is 9.78 Å². The number of imidazole rings is 1. The fraction of sp³-hybridized carbons (Fsp3) is 0.240. The number of hydrogen-bond acceptors (Lipinski definition) is 4. The van der Waals surface area contributed by atoms with E-state index in [0.717, 1.165) is 22.2 Å². The Kier molecular flexibility index (Phi) is 5.71. The Bertz CT molecular complexity index is 1130. The summed E-state index contributed by atoms with van der Waals surface area (Å²) in [5, 5.41) is 2.97. The number of aromatic amines is 1. The SMILES string of the molecule is CC(C)(C)OC(=O)N[C@@H](Cc1ccc(-c2ccccc2)cc1)c1nc2ccncc2[nH]1. The highest BCUT2D eigenvalue weighted by Crippen LogP contribution is 2.23. The molecule has 0 fully saturated rings. The van der Waals surface area contributed by atoms with E-state index in [4.69, 9.17) is 4.74 Å². The van der Waals surface area contributed by atoms with Gasteiger partial charge in [0.1, 0.15) is 11.4 Å². The number of alkyl carbamates (subject to hydrolysis) is 1. The third-order valence-corrected chi connectivity index (χ3v) is 4.82. The lowest BCUT2D eigenvalue weighted by Gasteiger charge is -2.23. The molecule has 0 aliphatic carbocycles. The van der Waals surface area contributed by atoms with Gasteiger partial charge in [0.2, 0.25) is 0 Å². The fourth-order valence-electron chi connectivity index (χ4n) is 3.41. The minimum atomic E-state index is -0.580. The van der Waals surface area contributed by atoms with Gasteiger partial charge in [-0.3, -0.25) is 4.98 Å². The molecule has 1 atom stereocenters. The molecule has 4 aromatic rings. The number of aromatic nitrogens is 3. The summed E-state index contributed by atoms with van der Waals surface area (Å²) in [5.74, 6) is 0.668. The number of amides is 1. The number of pyridine rings is 1. The van der Waals surface area contributed by atoms with Crippen LogP contribution in [0, 0.1) is 0 Å². The van der Waals surface area contributed by atoms with E-state index in [0.29, 0.717) is 12.2 Å². The molecule has 0 radical (unpaired) electrons. The summed E-state index contributed by atoms with van der Waals surface area (Å²) in [4.78, 5) is 24.6. The van der Waals surface area contributed by atoms with Gasteiger partial charge in [0, 0.05) is 12.6 Å². The van der Waals surface area contributed by atoms with Crippen LogP contribution in [0.3, 0.4) is 0 Å². The monoisotopic (exact) mass is 414 g/mol. The van der Waals surface area contributed by atoms with Crippen LogP contribution < -0.4 is 5.32 Å². The van der Waals surface area contributed by atoms with Crippen LogP contribution in [0.25, 0.3) is 22.2 Å². The number of ether oxygens (including phenoxy) is 1. The van der Waals surface area contributed by atoms with Crippen molar-refractivity contribution in [1.82, 2.24) is 20.3 Å². The van der Waals surface area contributed by atoms with Crippen LogP contribution in [0.1, 0.15) is 38.2 Å². The average Bonchev–Trinajstić information content (AvgIpc) is 3.17. The summed E-state index contributed by atoms with van der Waals surface area (Å²) in [6.07, 6.45) is 3.52. The van der Waals surface area contributed by atoms with Crippen molar-refractivity contribution in [2.75, 3.05) is 0 Å². The Morgan fingerprint density at radius 2 is 1.74 bits per heavy atom. The number of H-pyrrole nitrogens is 1. The van der Waals surface area contributed by atoms with Gasteiger partial charge in [-0.15, -0.1) is 0 Å². The first-order chi connectivity index (χ1) is 14.9. The highest BCUT2D eigenvalue weighted by atomic mass is 16.6. The quantitative estimate of drug-likeness (QED) is 0.456. The Hall–Kier alpha value is -3.67. The lowest BCUT2D eigenvalue weighted by atomic mass is 10.0. The number of nitrogens with zero attached hydrogens (tertiary/aromatic N) is 2. The van der Waals surface area contributed by atoms with E-state index in [1.165, 1.54) is 5.56 Å². The van der Waals surface area contributed by atoms with E-state index < -0.39 is 11.7 Å². The zero-order chi connectivity index (χ0) is 21.8. The Morgan fingerprint density at radius 1 is 1.03 bits per heavy atom. The molecular weight excluding hydrogens is 388 g/mol. The van der Waals surface area contributed by atoms with Crippen LogP contribution in [0.2, 0.25) is 0 Å². The first-order valence-electron chi connectivity index (χ1n) is 10.3. The summed E-state index contributed by atoms with van der Waals surface area (Å²) < 4.78 is 5.47. The molecule has 2 aromatic carbocycles. The molecule has 158 valence electrons. The lowest BCUT2D eigenvalue weighted by molar-refractivity contribution is 0.0501. The molecule has 31 heavy (non-hydrogen) atoms. The number of fused-ring (bicyclic) bond motifs is 1. The largest absolute Gasteiger partial charge is 0.444 e. The molecule has 0 aliphatic rings. The lowest BCUT2D eigenvalue weighted by Crippen LogP contribution is -2.36. The molecular formula is C25H26N4O2. The second-order valence-electron chi connectivity index (χ2n) is 8.48. The summed E-state index contributed by atoms with van der Waals surface area (Å²) in [5.41, 5.74) is 4.45. The van der Waals surface area contributed by atoms with E-state index in [2.05, 4.69) is 56.7 Å². The molecule has 1 amide bonds. The van der Waals surface area contributed by atoms with Crippen LogP contribution in [0.15, 0.2) is 73.1 Å². The van der Waals surface area contributed by atoms with Crippen LogP contribution >= 0.6 is 0 Å². The van der Waals surface area contributed by atoms with Gasteiger partial charge >= 0.3 is 6.09 Å². The van der Waals surface area contributed by atoms with Gasteiger partial charge in [0.15, 0.2) is 0 Å². The highest BCUT2D eigenvalue weighted by molar-refractivity contribution is 5.74. The number of nitrogens with one attached hydrogen (secondary N) is 2. The molecule has 2 N–H and O–H groups in total. The zero-order valence-electron chi connectivity index (χ0n) is 17.9. The minimum absolute atomic E-state index is 0.371. The van der Waals surface area contributed by atoms with Gasteiger partial charge < -0.3 is 15.0 Å². The van der Waals surface area contributed by atoms with Crippen molar-refractivity contribution in [1.29, 1.82) is 0 Å². The van der Waals surface area contributed by atoms with Crippen LogP contribution in [-0.2, 0) is 11.2 Å². The molecule has 0 saturated carbocycles. The molecule has 2 heterocycles. The van der Waals surface area contributed by atoms with Gasteiger partial charge in [-0.05, 0) is 43.5 Å². The molecule has 0 aliphatic heterocycles. The molecule has 0 saturated heterocycles. The molecule has 0 bridgehead atoms. The second-order valence-corrected chi connectivity index (χ2v) is 8.48. The summed E-state index contributed by atoms with van der Waals surface area (Å²) >= 11 is 0. The van der Waals surface area contributed by atoms with Gasteiger partial charge in [-0.1, -0.05) is 54.6 Å². The number of benzene rings is 2. The van der Waals surface area contributed by atoms with Crippen molar-refractivity contribution in [2.45, 2.75) is 38.8 Å². The standard InChI is InChI=1S/C25H26N4O2/c1-25(2,3)31-24(30)29-21(23-27-20-13-14-26-16-22(20)28-23)15-17-9-11-19(12-10-17)18-7-5-4-6-8-18/h4-14,16,21H,15H2,1-3H3,(H,27,28)(H,29,30)/t21-/m0/s1. The van der Waals surface area contributed by atoms with Crippen LogP contribution in [-0.4, -0.2) is 26.6 Å². The second kappa shape index (κ2) is 8.60. The third-order valence-electron chi connectivity index (χ3n) is 4.82. The van der Waals surface area contributed by atoms with Gasteiger partial charge in [0.25, 0.3) is 0 Å². The van der Waals surface area contributed by atoms with E-state index in [9.17, 15) is 4.79 Å². The highest BCUT2D eigenvalue weighted by Gasteiger charge is 2.23. The van der Waals surface area contributed by atoms with E-state index in [1.54, 1.807) is 12.4 Å². The van der Waals surface area contributed by atoms with Crippen molar-refractivity contribution in [3.05, 3.63) is 84.4 Å². The maximum Gasteiger partial charge on any atom is 0.408 e. The molecule has 0 unspecified atom stereocenters. The third kappa shape index (κ3) is 5.28. The normalized spacial score (nSPS) is 12.5. The number of hydrogen-bond donors (Lipinski definition) is 2. The Morgan fingerprint density at radius 3 is 2.42 bits per heavy atom. The zero-order valence-corrected chi connectivity index (χ0v) is 17.9. The Labute approximate surface area is 181 Å². The van der Waals surface area contributed by atoms with Crippen LogP contribution in [0.4, 0.5) is 4.79 Å². The maximum atomic E-state index is 12.5. The van der Waals surface area contributed by atoms with E-state index in [1.807, 2.05) is 45.0 Å². The Balaban J connectivity index is 1.58. The molecule has 6 heteroatoms. The van der Waals surface area contributed by atoms with Crippen molar-refractivity contribution in [2.24, 2.45) is 0 Å². The molecule has 4 rings (SSSR count). The molecule has 6 nitrogen and oxygen atoms in total. The summed E-state index contributed by atoms with van der Waals surface area (Å²) in [7, 11) is 0. The smallest absolute Gasteiger partial charge is 0.408 e. The first-order valence-corrected chi connectivity index (χ1v) is 10.3. The van der Waals surface area contributed by atoms with Crippen molar-refractivity contribution >= 4 is 17.1 Å². The van der Waals surface area contributed by atoms with Crippen molar-refractivity contribution < 1.29 is 9.53 Å². The average molecular weight is 415 g/mol. The van der Waals surface area contributed by atoms with E-state index in [-0.39, 0.29) is 6.04 Å². The number of carbonyl (C=O) groups is 1. The topological polar surface area (TPSA) is 79.9 Å². The van der Waals surface area contributed by atoms with Crippen molar-refractivity contribution in [3.8, 4) is 11.1 Å². The van der Waals surface area contributed by atoms with Gasteiger partial charge in [0.05, 0.1) is 23.3 Å².